The Hall–Kier alpha value is -2.77. The highest BCUT2D eigenvalue weighted by molar-refractivity contribution is 6.04. The second-order valence-corrected chi connectivity index (χ2v) is 7.38. The fraction of sp³-hybridized carbons (Fsp3) is 0.450. The van der Waals surface area contributed by atoms with Gasteiger partial charge in [-0.1, -0.05) is 20.4 Å². The molecule has 1 aliphatic rings. The standard InChI is InChI=1S/C20H25F2N5O/c1-5-19(26-23-4)25-20(28)12(3)14-7-13(6-11(14)2)27-10-24-17-8-15(21)16(22)9-18(17)27/h5,8-14,23H,1,6-7H2,2-4H3,(H,25,26,28). The molecule has 2 aromatic rings. The Morgan fingerprint density at radius 2 is 2.11 bits per heavy atom. The summed E-state index contributed by atoms with van der Waals surface area (Å²) in [5.41, 5.74) is 3.63. The summed E-state index contributed by atoms with van der Waals surface area (Å²) in [7, 11) is 1.65. The summed E-state index contributed by atoms with van der Waals surface area (Å²) in [5.74, 6) is -1.32. The maximum atomic E-state index is 13.7. The number of hydrogen-bond acceptors (Lipinski definition) is 4. The first-order valence-electron chi connectivity index (χ1n) is 9.35. The Bertz CT molecular complexity index is 923. The van der Waals surface area contributed by atoms with E-state index in [1.165, 1.54) is 12.1 Å². The summed E-state index contributed by atoms with van der Waals surface area (Å²) < 4.78 is 29.1. The zero-order valence-electron chi connectivity index (χ0n) is 16.2. The Balaban J connectivity index is 1.77. The fourth-order valence-corrected chi connectivity index (χ4v) is 4.16. The lowest BCUT2D eigenvalue weighted by molar-refractivity contribution is -0.125. The van der Waals surface area contributed by atoms with Crippen LogP contribution in [-0.4, -0.2) is 28.3 Å². The average molecular weight is 389 g/mol. The van der Waals surface area contributed by atoms with E-state index in [0.717, 1.165) is 18.9 Å². The molecule has 4 atom stereocenters. The summed E-state index contributed by atoms with van der Waals surface area (Å²) in [4.78, 5) is 16.8. The summed E-state index contributed by atoms with van der Waals surface area (Å²) in [6, 6.07) is 2.39. The number of nitrogens with zero attached hydrogens (tertiary/aromatic N) is 3. The third-order valence-electron chi connectivity index (χ3n) is 5.66. The summed E-state index contributed by atoms with van der Waals surface area (Å²) in [6.45, 7) is 7.66. The topological polar surface area (TPSA) is 71.3 Å². The van der Waals surface area contributed by atoms with Crippen molar-refractivity contribution >= 4 is 22.8 Å². The van der Waals surface area contributed by atoms with Crippen LogP contribution in [-0.2, 0) is 4.79 Å². The number of rotatable bonds is 5. The molecule has 2 N–H and O–H groups in total. The van der Waals surface area contributed by atoms with Gasteiger partial charge >= 0.3 is 0 Å². The number of hydrazone groups is 1. The number of benzene rings is 1. The van der Waals surface area contributed by atoms with Crippen LogP contribution in [0.1, 0.15) is 32.7 Å². The minimum absolute atomic E-state index is 0.0787. The third-order valence-corrected chi connectivity index (χ3v) is 5.66. The summed E-state index contributed by atoms with van der Waals surface area (Å²) >= 11 is 0. The van der Waals surface area contributed by atoms with Gasteiger partial charge in [-0.05, 0) is 30.8 Å². The quantitative estimate of drug-likeness (QED) is 0.468. The number of aromatic nitrogens is 2. The van der Waals surface area contributed by atoms with Crippen LogP contribution in [0.2, 0.25) is 0 Å². The van der Waals surface area contributed by atoms with E-state index in [9.17, 15) is 13.6 Å². The zero-order chi connectivity index (χ0) is 20.4. The largest absolute Gasteiger partial charge is 0.327 e. The van der Waals surface area contributed by atoms with Gasteiger partial charge in [-0.15, -0.1) is 0 Å². The predicted octanol–water partition coefficient (Wildman–Crippen LogP) is 3.37. The Morgan fingerprint density at radius 3 is 2.79 bits per heavy atom. The van der Waals surface area contributed by atoms with E-state index in [1.54, 1.807) is 13.4 Å². The lowest BCUT2D eigenvalue weighted by atomic mass is 9.85. The average Bonchev–Trinajstić information content (AvgIpc) is 3.24. The summed E-state index contributed by atoms with van der Waals surface area (Å²) in [5, 5.41) is 6.73. The molecule has 0 spiro atoms. The number of amidine groups is 1. The molecule has 1 aromatic heterocycles. The zero-order valence-corrected chi connectivity index (χ0v) is 16.2. The second-order valence-electron chi connectivity index (χ2n) is 7.38. The molecule has 150 valence electrons. The van der Waals surface area contributed by atoms with E-state index in [1.807, 2.05) is 11.5 Å². The van der Waals surface area contributed by atoms with Crippen molar-refractivity contribution in [2.24, 2.45) is 22.9 Å². The Morgan fingerprint density at radius 1 is 1.39 bits per heavy atom. The van der Waals surface area contributed by atoms with Gasteiger partial charge in [0.05, 0.1) is 17.4 Å². The summed E-state index contributed by atoms with van der Waals surface area (Å²) in [6.07, 6.45) is 4.70. The van der Waals surface area contributed by atoms with Crippen molar-refractivity contribution in [1.29, 1.82) is 0 Å². The number of imidazole rings is 1. The van der Waals surface area contributed by atoms with Gasteiger partial charge in [-0.25, -0.2) is 13.8 Å². The number of halogens is 2. The monoisotopic (exact) mass is 389 g/mol. The normalized spacial score (nSPS) is 23.6. The van der Waals surface area contributed by atoms with Crippen molar-refractivity contribution in [1.82, 2.24) is 20.3 Å². The fourth-order valence-electron chi connectivity index (χ4n) is 4.16. The van der Waals surface area contributed by atoms with Gasteiger partial charge in [0.15, 0.2) is 17.5 Å². The van der Waals surface area contributed by atoms with E-state index in [0.29, 0.717) is 22.8 Å². The molecule has 0 saturated heterocycles. The van der Waals surface area contributed by atoms with Crippen molar-refractivity contribution in [3.63, 3.8) is 0 Å². The number of nitrogens with one attached hydrogen (secondary N) is 2. The van der Waals surface area contributed by atoms with Gasteiger partial charge in [0, 0.05) is 31.1 Å². The van der Waals surface area contributed by atoms with Crippen molar-refractivity contribution < 1.29 is 13.6 Å². The molecule has 4 unspecified atom stereocenters. The first-order chi connectivity index (χ1) is 13.3. The molecule has 3 rings (SSSR count). The van der Waals surface area contributed by atoms with Crippen molar-refractivity contribution in [3.8, 4) is 0 Å². The lowest BCUT2D eigenvalue weighted by Gasteiger charge is -2.22. The number of amides is 1. The van der Waals surface area contributed by atoms with E-state index in [-0.39, 0.29) is 23.8 Å². The van der Waals surface area contributed by atoms with Crippen molar-refractivity contribution in [3.05, 3.63) is 42.7 Å². The minimum Gasteiger partial charge on any atom is -0.327 e. The van der Waals surface area contributed by atoms with Gasteiger partial charge in [0.2, 0.25) is 5.91 Å². The maximum Gasteiger partial charge on any atom is 0.228 e. The number of carbonyl (C=O) groups excluding carboxylic acids is 1. The van der Waals surface area contributed by atoms with Crippen LogP contribution in [0, 0.1) is 29.4 Å². The van der Waals surface area contributed by atoms with Crippen LogP contribution in [0.3, 0.4) is 0 Å². The predicted molar refractivity (Wildman–Crippen MR) is 105 cm³/mol. The molecule has 6 nitrogen and oxygen atoms in total. The molecule has 1 amide bonds. The molecule has 0 aliphatic heterocycles. The van der Waals surface area contributed by atoms with Crippen LogP contribution < -0.4 is 10.7 Å². The molecule has 0 bridgehead atoms. The minimum atomic E-state index is -0.901. The van der Waals surface area contributed by atoms with E-state index < -0.39 is 11.6 Å². The highest BCUT2D eigenvalue weighted by Crippen LogP contribution is 2.44. The number of hydrogen-bond donors (Lipinski definition) is 2. The van der Waals surface area contributed by atoms with E-state index >= 15 is 0 Å². The lowest BCUT2D eigenvalue weighted by Crippen LogP contribution is -2.38. The Labute approximate surface area is 162 Å². The maximum absolute atomic E-state index is 13.7. The van der Waals surface area contributed by atoms with Gasteiger partial charge in [-0.2, -0.15) is 5.10 Å². The number of fused-ring (bicyclic) bond motifs is 1. The molecular formula is C20H25F2N5O. The number of carbonyl (C=O) groups is 1. The van der Waals surface area contributed by atoms with Crippen molar-refractivity contribution in [2.45, 2.75) is 32.7 Å². The van der Waals surface area contributed by atoms with Crippen LogP contribution in [0.25, 0.3) is 11.0 Å². The molecule has 1 aliphatic carbocycles. The van der Waals surface area contributed by atoms with Gasteiger partial charge < -0.3 is 15.3 Å². The van der Waals surface area contributed by atoms with Crippen LogP contribution in [0.4, 0.5) is 8.78 Å². The molecule has 1 aromatic carbocycles. The molecule has 1 fully saturated rings. The second kappa shape index (κ2) is 8.08. The van der Waals surface area contributed by atoms with Crippen LogP contribution in [0.15, 0.2) is 36.2 Å². The van der Waals surface area contributed by atoms with Crippen LogP contribution >= 0.6 is 0 Å². The van der Waals surface area contributed by atoms with E-state index in [4.69, 9.17) is 0 Å². The molecular weight excluding hydrogens is 364 g/mol. The third kappa shape index (κ3) is 3.76. The smallest absolute Gasteiger partial charge is 0.228 e. The molecule has 1 saturated carbocycles. The molecule has 0 radical (unpaired) electrons. The van der Waals surface area contributed by atoms with Gasteiger partial charge in [0.1, 0.15) is 0 Å². The first kappa shape index (κ1) is 20.0. The molecule has 28 heavy (non-hydrogen) atoms. The van der Waals surface area contributed by atoms with Crippen molar-refractivity contribution in [2.75, 3.05) is 7.05 Å². The SMILES string of the molecule is C=C/C(=N\NC)NC(=O)C(C)C1CC(n2cnc3cc(F)c(F)cc32)CC1C. The molecule has 1 heterocycles. The molecule has 8 heteroatoms. The highest BCUT2D eigenvalue weighted by Gasteiger charge is 2.38. The van der Waals surface area contributed by atoms with Gasteiger partial charge in [-0.3, -0.25) is 4.79 Å². The van der Waals surface area contributed by atoms with E-state index in [2.05, 4.69) is 34.3 Å². The highest BCUT2D eigenvalue weighted by atomic mass is 19.2. The van der Waals surface area contributed by atoms with Crippen LogP contribution in [0.5, 0.6) is 0 Å². The Kier molecular flexibility index (Phi) is 5.76. The van der Waals surface area contributed by atoms with Gasteiger partial charge in [0.25, 0.3) is 0 Å². The first-order valence-corrected chi connectivity index (χ1v) is 9.35.